The molecule has 0 unspecified atom stereocenters. The molecule has 0 aromatic heterocycles. The van der Waals surface area contributed by atoms with Gasteiger partial charge in [-0.25, -0.2) is 4.90 Å². The lowest BCUT2D eigenvalue weighted by Gasteiger charge is -2.54. The van der Waals surface area contributed by atoms with Gasteiger partial charge in [-0.2, -0.15) is 0 Å². The molecule has 7 rings (SSSR count). The topological polar surface area (TPSA) is 37.4 Å². The molecule has 4 heteroatoms. The van der Waals surface area contributed by atoms with Crippen molar-refractivity contribution in [2.45, 2.75) is 24.7 Å². The minimum absolute atomic E-state index is 0.0529. The van der Waals surface area contributed by atoms with Crippen molar-refractivity contribution >= 4 is 40.1 Å². The molecule has 1 aliphatic heterocycles. The summed E-state index contributed by atoms with van der Waals surface area (Å²) in [5.74, 6) is -0.885. The van der Waals surface area contributed by atoms with Gasteiger partial charge >= 0.3 is 0 Å². The minimum atomic E-state index is -0.462. The molecule has 3 aromatic carbocycles. The van der Waals surface area contributed by atoms with Gasteiger partial charge in [0.2, 0.25) is 11.8 Å². The van der Waals surface area contributed by atoms with Crippen LogP contribution in [0.1, 0.15) is 41.5 Å². The van der Waals surface area contributed by atoms with E-state index in [0.717, 1.165) is 9.99 Å². The first-order valence-electron chi connectivity index (χ1n) is 10.4. The van der Waals surface area contributed by atoms with Gasteiger partial charge in [0.25, 0.3) is 0 Å². The van der Waals surface area contributed by atoms with Gasteiger partial charge in [0.15, 0.2) is 0 Å². The number of benzene rings is 3. The quantitative estimate of drug-likeness (QED) is 0.353. The number of imide groups is 1. The van der Waals surface area contributed by atoms with E-state index in [1.165, 1.54) is 27.2 Å². The minimum Gasteiger partial charge on any atom is -0.274 e. The van der Waals surface area contributed by atoms with E-state index in [0.29, 0.717) is 5.69 Å². The van der Waals surface area contributed by atoms with Gasteiger partial charge in [0.1, 0.15) is 0 Å². The van der Waals surface area contributed by atoms with Crippen LogP contribution in [0.5, 0.6) is 0 Å². The Morgan fingerprint density at radius 1 is 0.867 bits per heavy atom. The fourth-order valence-corrected chi connectivity index (χ4v) is 6.93. The molecule has 4 aliphatic rings. The molecule has 0 spiro atoms. The number of nitrogens with zero attached hydrogens (tertiary/aromatic N) is 1. The summed E-state index contributed by atoms with van der Waals surface area (Å²) >= 11 is 2.23. The second-order valence-corrected chi connectivity index (χ2v) is 9.72. The number of halogens is 1. The van der Waals surface area contributed by atoms with E-state index >= 15 is 0 Å². The Hall–Kier alpha value is -2.47. The van der Waals surface area contributed by atoms with Gasteiger partial charge in [-0.1, -0.05) is 61.5 Å². The zero-order valence-corrected chi connectivity index (χ0v) is 18.7. The Morgan fingerprint density at radius 2 is 1.50 bits per heavy atom. The highest BCUT2D eigenvalue weighted by atomic mass is 127. The lowest BCUT2D eigenvalue weighted by molar-refractivity contribution is -0.123. The molecule has 2 amide bonds. The summed E-state index contributed by atoms with van der Waals surface area (Å²) in [6, 6.07) is 24.6. The van der Waals surface area contributed by atoms with Crippen LogP contribution < -0.4 is 4.90 Å². The van der Waals surface area contributed by atoms with Crippen molar-refractivity contribution in [2.24, 2.45) is 11.8 Å². The number of rotatable bonds is 2. The fraction of sp³-hybridized carbons (Fsp3) is 0.231. The smallest absolute Gasteiger partial charge is 0.238 e. The maximum atomic E-state index is 13.9. The van der Waals surface area contributed by atoms with Crippen molar-refractivity contribution in [3.63, 3.8) is 0 Å². The van der Waals surface area contributed by atoms with E-state index in [2.05, 4.69) is 78.0 Å². The number of hydrogen-bond acceptors (Lipinski definition) is 2. The van der Waals surface area contributed by atoms with Crippen LogP contribution in [0.4, 0.5) is 5.69 Å². The zero-order valence-electron chi connectivity index (χ0n) is 16.5. The molecule has 2 atom stereocenters. The number of carbonyl (C=O) groups is 2. The summed E-state index contributed by atoms with van der Waals surface area (Å²) in [7, 11) is 0. The number of carbonyl (C=O) groups excluding carboxylic acids is 2. The molecule has 30 heavy (non-hydrogen) atoms. The van der Waals surface area contributed by atoms with Crippen LogP contribution in [0.15, 0.2) is 72.8 Å². The molecule has 1 fully saturated rings. The fourth-order valence-electron chi connectivity index (χ4n) is 6.40. The highest BCUT2D eigenvalue weighted by Crippen LogP contribution is 2.65. The third-order valence-electron chi connectivity index (χ3n) is 7.42. The van der Waals surface area contributed by atoms with Crippen LogP contribution in [0, 0.1) is 15.4 Å². The van der Waals surface area contributed by atoms with Crippen LogP contribution in [-0.4, -0.2) is 11.8 Å². The summed E-state index contributed by atoms with van der Waals surface area (Å²) in [4.78, 5) is 29.2. The zero-order chi connectivity index (χ0) is 20.6. The third-order valence-corrected chi connectivity index (χ3v) is 8.09. The molecular formula is C26H20INO2. The molecule has 2 bridgehead atoms. The molecule has 1 saturated heterocycles. The SMILES string of the molecule is CCC12c3ccccc3C(c3ccccc31)[C@H]1C(=O)N(c3cccc(I)c3)C(=O)[C@@H]12. The van der Waals surface area contributed by atoms with Crippen molar-refractivity contribution in [1.29, 1.82) is 0 Å². The molecular weight excluding hydrogens is 485 g/mol. The monoisotopic (exact) mass is 505 g/mol. The average molecular weight is 505 g/mol. The Balaban J connectivity index is 1.65. The molecule has 3 nitrogen and oxygen atoms in total. The van der Waals surface area contributed by atoms with Crippen molar-refractivity contribution in [3.05, 3.63) is 98.6 Å². The van der Waals surface area contributed by atoms with E-state index < -0.39 is 5.41 Å². The second kappa shape index (κ2) is 6.27. The van der Waals surface area contributed by atoms with E-state index in [4.69, 9.17) is 0 Å². The van der Waals surface area contributed by atoms with E-state index in [1.807, 2.05) is 24.3 Å². The number of amides is 2. The maximum Gasteiger partial charge on any atom is 0.238 e. The highest BCUT2D eigenvalue weighted by molar-refractivity contribution is 14.1. The first-order chi connectivity index (χ1) is 14.6. The van der Waals surface area contributed by atoms with Crippen LogP contribution in [-0.2, 0) is 15.0 Å². The van der Waals surface area contributed by atoms with Crippen LogP contribution in [0.25, 0.3) is 0 Å². The van der Waals surface area contributed by atoms with Gasteiger partial charge in [0, 0.05) is 14.9 Å². The van der Waals surface area contributed by atoms with Gasteiger partial charge in [-0.3, -0.25) is 9.59 Å². The number of anilines is 1. The van der Waals surface area contributed by atoms with E-state index in [9.17, 15) is 9.59 Å². The number of hydrogen-bond donors (Lipinski definition) is 0. The van der Waals surface area contributed by atoms with Crippen molar-refractivity contribution in [2.75, 3.05) is 4.90 Å². The lowest BCUT2D eigenvalue weighted by Crippen LogP contribution is -2.53. The first-order valence-corrected chi connectivity index (χ1v) is 11.5. The lowest BCUT2D eigenvalue weighted by atomic mass is 9.46. The molecule has 0 radical (unpaired) electrons. The first kappa shape index (κ1) is 18.3. The average Bonchev–Trinajstić information content (AvgIpc) is 3.05. The predicted molar refractivity (Wildman–Crippen MR) is 124 cm³/mol. The van der Waals surface area contributed by atoms with Crippen LogP contribution in [0.3, 0.4) is 0 Å². The molecule has 1 heterocycles. The summed E-state index contributed by atoms with van der Waals surface area (Å²) in [6.45, 7) is 2.15. The van der Waals surface area contributed by atoms with Gasteiger partial charge in [0.05, 0.1) is 17.5 Å². The summed E-state index contributed by atoms with van der Waals surface area (Å²) in [5, 5.41) is 0. The van der Waals surface area contributed by atoms with Gasteiger partial charge in [-0.15, -0.1) is 0 Å². The summed E-state index contributed by atoms with van der Waals surface area (Å²) < 4.78 is 1.01. The van der Waals surface area contributed by atoms with Gasteiger partial charge < -0.3 is 0 Å². The molecule has 148 valence electrons. The van der Waals surface area contributed by atoms with E-state index in [-0.39, 0.29) is 29.6 Å². The molecule has 3 aliphatic carbocycles. The molecule has 0 saturated carbocycles. The standard InChI is InChI=1S/C26H20INO2/c1-2-26-19-12-5-3-10-17(19)21(18-11-4-6-13-20(18)26)22-23(26)25(30)28(24(22)29)16-9-7-8-15(27)14-16/h3-14,21-23H,2H2,1H3/t21?,22-,23-,26?/m1/s1. The van der Waals surface area contributed by atoms with Crippen molar-refractivity contribution in [1.82, 2.24) is 0 Å². The second-order valence-electron chi connectivity index (χ2n) is 8.47. The van der Waals surface area contributed by atoms with Crippen LogP contribution >= 0.6 is 22.6 Å². The van der Waals surface area contributed by atoms with Crippen molar-refractivity contribution in [3.8, 4) is 0 Å². The Bertz CT molecular complexity index is 1190. The van der Waals surface area contributed by atoms with E-state index in [1.54, 1.807) is 0 Å². The molecule has 3 aromatic rings. The Morgan fingerprint density at radius 3 is 2.10 bits per heavy atom. The Kier molecular flexibility index (Phi) is 3.82. The predicted octanol–water partition coefficient (Wildman–Crippen LogP) is 5.25. The van der Waals surface area contributed by atoms with Crippen molar-refractivity contribution < 1.29 is 9.59 Å². The normalized spacial score (nSPS) is 28.3. The Labute approximate surface area is 189 Å². The van der Waals surface area contributed by atoms with Gasteiger partial charge in [-0.05, 0) is 69.5 Å². The molecule has 0 N–H and O–H groups in total. The summed E-state index contributed by atoms with van der Waals surface area (Å²) in [5.41, 5.74) is 5.10. The maximum absolute atomic E-state index is 13.9. The third kappa shape index (κ3) is 2.05. The highest BCUT2D eigenvalue weighted by Gasteiger charge is 2.67. The van der Waals surface area contributed by atoms with Crippen LogP contribution in [0.2, 0.25) is 0 Å². The largest absolute Gasteiger partial charge is 0.274 e. The summed E-state index contributed by atoms with van der Waals surface area (Å²) in [6.07, 6.45) is 0.786.